The van der Waals surface area contributed by atoms with Crippen molar-refractivity contribution in [2.24, 2.45) is 0 Å². The van der Waals surface area contributed by atoms with Gasteiger partial charge >= 0.3 is 0 Å². The van der Waals surface area contributed by atoms with E-state index in [2.05, 4.69) is 27.7 Å². The van der Waals surface area contributed by atoms with Crippen LogP contribution in [0.4, 0.5) is 0 Å². The van der Waals surface area contributed by atoms with Gasteiger partial charge in [-0.3, -0.25) is 9.59 Å². The van der Waals surface area contributed by atoms with E-state index in [4.69, 9.17) is 0 Å². The molecular weight excluding hydrogens is 505 g/mol. The van der Waals surface area contributed by atoms with Gasteiger partial charge in [0.05, 0.1) is 9.75 Å². The zero-order valence-electron chi connectivity index (χ0n) is 24.8. The maximum atomic E-state index is 13.5. The first kappa shape index (κ1) is 31.3. The minimum Gasteiger partial charge on any atom is -0.284 e. The lowest BCUT2D eigenvalue weighted by atomic mass is 9.85. The zero-order chi connectivity index (χ0) is 27.3. The molecule has 1 aliphatic rings. The smallest absolute Gasteiger partial charge is 0.244 e. The van der Waals surface area contributed by atoms with Crippen LogP contribution in [0.5, 0.6) is 0 Å². The van der Waals surface area contributed by atoms with Gasteiger partial charge in [0.25, 0.3) is 0 Å². The molecule has 2 aromatic rings. The molecule has 0 unspecified atom stereocenters. The van der Waals surface area contributed by atoms with Crippen molar-refractivity contribution in [3.63, 3.8) is 0 Å². The van der Waals surface area contributed by atoms with Crippen molar-refractivity contribution in [1.82, 2.24) is 0 Å². The Bertz CT molecular complexity index is 944. The van der Waals surface area contributed by atoms with Crippen molar-refractivity contribution in [3.8, 4) is 11.1 Å². The molecule has 0 saturated heterocycles. The Morgan fingerprint density at radius 1 is 0.421 bits per heavy atom. The summed E-state index contributed by atoms with van der Waals surface area (Å²) in [4.78, 5) is 31.3. The minimum absolute atomic E-state index is 0.233. The second kappa shape index (κ2) is 16.8. The fourth-order valence-electron chi connectivity index (χ4n) is 5.89. The van der Waals surface area contributed by atoms with E-state index in [1.54, 1.807) is 22.7 Å². The van der Waals surface area contributed by atoms with Crippen LogP contribution in [0.1, 0.15) is 171 Å². The summed E-state index contributed by atoms with van der Waals surface area (Å²) in [5.74, 6) is -0.466. The lowest BCUT2D eigenvalue weighted by molar-refractivity contribution is 0.0820. The minimum atomic E-state index is -0.233. The molecule has 0 radical (unpaired) electrons. The van der Waals surface area contributed by atoms with Crippen molar-refractivity contribution >= 4 is 34.2 Å². The Morgan fingerprint density at radius 3 is 1.05 bits per heavy atom. The lowest BCUT2D eigenvalue weighted by Crippen LogP contribution is -2.18. The third-order valence-corrected chi connectivity index (χ3v) is 10.7. The lowest BCUT2D eigenvalue weighted by Gasteiger charge is -2.16. The fraction of sp³-hybridized carbons (Fsp3) is 0.706. The van der Waals surface area contributed by atoms with E-state index in [9.17, 15) is 9.59 Å². The quantitative estimate of drug-likeness (QED) is 0.120. The Balaban J connectivity index is 2.05. The molecule has 212 valence electrons. The first-order chi connectivity index (χ1) is 18.6. The largest absolute Gasteiger partial charge is 0.284 e. The summed E-state index contributed by atoms with van der Waals surface area (Å²) < 4.78 is 0. The molecule has 2 aromatic heterocycles. The first-order valence-electron chi connectivity index (χ1n) is 16.0. The van der Waals surface area contributed by atoms with Gasteiger partial charge in [0.1, 0.15) is 0 Å². The summed E-state index contributed by atoms with van der Waals surface area (Å²) in [6.45, 7) is 9.04. The van der Waals surface area contributed by atoms with Crippen LogP contribution in [0.3, 0.4) is 0 Å². The number of carbonyl (C=O) groups excluding carboxylic acids is 2. The molecule has 0 aliphatic heterocycles. The SMILES string of the molecule is CCCCCCc1sc2c(c1CCCCCC)-c1c(sc(CCCCCC)c1CCCCCC)C(=O)C2=O. The molecule has 4 heteroatoms. The molecule has 2 heterocycles. The zero-order valence-corrected chi connectivity index (χ0v) is 26.4. The topological polar surface area (TPSA) is 34.1 Å². The van der Waals surface area contributed by atoms with Gasteiger partial charge in [-0.05, 0) is 62.5 Å². The number of fused-ring (bicyclic) bond motifs is 3. The first-order valence-corrected chi connectivity index (χ1v) is 17.6. The molecule has 3 rings (SSSR count). The molecule has 0 fully saturated rings. The van der Waals surface area contributed by atoms with E-state index in [1.807, 2.05) is 0 Å². The molecule has 0 atom stereocenters. The van der Waals surface area contributed by atoms with Gasteiger partial charge in [-0.1, -0.05) is 105 Å². The Morgan fingerprint density at radius 2 is 0.737 bits per heavy atom. The summed E-state index contributed by atoms with van der Waals surface area (Å²) in [6, 6.07) is 0. The van der Waals surface area contributed by atoms with E-state index in [0.29, 0.717) is 0 Å². The number of rotatable bonds is 20. The summed E-state index contributed by atoms with van der Waals surface area (Å²) in [6.07, 6.45) is 23.9. The number of thiophene rings is 2. The van der Waals surface area contributed by atoms with Crippen LogP contribution in [0.25, 0.3) is 11.1 Å². The van der Waals surface area contributed by atoms with Gasteiger partial charge in [0, 0.05) is 20.9 Å². The molecule has 1 aliphatic carbocycles. The molecule has 0 saturated carbocycles. The molecule has 38 heavy (non-hydrogen) atoms. The van der Waals surface area contributed by atoms with Gasteiger partial charge in [-0.25, -0.2) is 0 Å². The standard InChI is InChI=1S/C34H52O2S2/c1-5-9-13-17-21-25-27(23-19-15-11-7-3)37-33-29(25)30-26(22-18-14-10-6-2)28(24-20-16-12-8-4)38-34(30)32(36)31(33)35/h5-24H2,1-4H3. The van der Waals surface area contributed by atoms with E-state index < -0.39 is 0 Å². The van der Waals surface area contributed by atoms with E-state index in [1.165, 1.54) is 135 Å². The summed E-state index contributed by atoms with van der Waals surface area (Å²) in [5, 5.41) is 0. The highest BCUT2D eigenvalue weighted by atomic mass is 32.1. The van der Waals surface area contributed by atoms with Gasteiger partial charge in [-0.15, -0.1) is 22.7 Å². The Kier molecular flexibility index (Phi) is 13.8. The Labute approximate surface area is 241 Å². The van der Waals surface area contributed by atoms with Crippen molar-refractivity contribution in [3.05, 3.63) is 30.6 Å². The van der Waals surface area contributed by atoms with Gasteiger partial charge < -0.3 is 0 Å². The van der Waals surface area contributed by atoms with Crippen molar-refractivity contribution < 1.29 is 9.59 Å². The highest BCUT2D eigenvalue weighted by Gasteiger charge is 2.39. The van der Waals surface area contributed by atoms with E-state index >= 15 is 0 Å². The van der Waals surface area contributed by atoms with Crippen LogP contribution in [0.2, 0.25) is 0 Å². The number of aryl methyl sites for hydroxylation is 2. The number of Topliss-reactive ketones (excluding diaryl/α,β-unsaturated/α-hetero) is 2. The van der Waals surface area contributed by atoms with Crippen LogP contribution in [-0.2, 0) is 25.7 Å². The highest BCUT2D eigenvalue weighted by molar-refractivity contribution is 7.19. The van der Waals surface area contributed by atoms with Crippen molar-refractivity contribution in [2.75, 3.05) is 0 Å². The third kappa shape index (κ3) is 7.90. The normalized spacial score (nSPS) is 12.8. The van der Waals surface area contributed by atoms with E-state index in [-0.39, 0.29) is 11.6 Å². The number of ketones is 2. The monoisotopic (exact) mass is 556 g/mol. The predicted molar refractivity (Wildman–Crippen MR) is 168 cm³/mol. The number of hydrogen-bond donors (Lipinski definition) is 0. The summed E-state index contributed by atoms with van der Waals surface area (Å²) >= 11 is 3.34. The van der Waals surface area contributed by atoms with Gasteiger partial charge in [-0.2, -0.15) is 0 Å². The van der Waals surface area contributed by atoms with Crippen LogP contribution in [0.15, 0.2) is 0 Å². The second-order valence-corrected chi connectivity index (χ2v) is 13.5. The second-order valence-electron chi connectivity index (χ2n) is 11.3. The number of unbranched alkanes of at least 4 members (excludes halogenated alkanes) is 12. The Hall–Kier alpha value is -1.26. The fourth-order valence-corrected chi connectivity index (χ4v) is 8.56. The molecule has 0 aromatic carbocycles. The van der Waals surface area contributed by atoms with Gasteiger partial charge in [0.15, 0.2) is 0 Å². The van der Waals surface area contributed by atoms with Gasteiger partial charge in [0.2, 0.25) is 11.6 Å². The maximum Gasteiger partial charge on any atom is 0.244 e. The van der Waals surface area contributed by atoms with Crippen LogP contribution in [0, 0.1) is 0 Å². The summed E-state index contributed by atoms with van der Waals surface area (Å²) in [7, 11) is 0. The maximum absolute atomic E-state index is 13.5. The number of carbonyl (C=O) groups is 2. The molecule has 0 spiro atoms. The average Bonchev–Trinajstić information content (AvgIpc) is 3.46. The average molecular weight is 557 g/mol. The number of hydrogen-bond acceptors (Lipinski definition) is 4. The van der Waals surface area contributed by atoms with E-state index in [0.717, 1.165) is 35.4 Å². The molecule has 0 N–H and O–H groups in total. The molecule has 2 nitrogen and oxygen atoms in total. The summed E-state index contributed by atoms with van der Waals surface area (Å²) in [5.41, 5.74) is 5.23. The van der Waals surface area contributed by atoms with Crippen molar-refractivity contribution in [2.45, 2.75) is 156 Å². The van der Waals surface area contributed by atoms with Crippen LogP contribution in [-0.4, -0.2) is 11.6 Å². The third-order valence-electron chi connectivity index (χ3n) is 8.13. The van der Waals surface area contributed by atoms with Crippen LogP contribution < -0.4 is 0 Å². The molecule has 0 bridgehead atoms. The molecular formula is C34H52O2S2. The van der Waals surface area contributed by atoms with Crippen LogP contribution >= 0.6 is 22.7 Å². The predicted octanol–water partition coefficient (Wildman–Crippen LogP) is 11.3. The van der Waals surface area contributed by atoms with Crippen molar-refractivity contribution in [1.29, 1.82) is 0 Å². The molecule has 0 amide bonds. The highest BCUT2D eigenvalue weighted by Crippen LogP contribution is 2.49.